The van der Waals surface area contributed by atoms with Gasteiger partial charge in [-0.1, -0.05) is 15.9 Å². The summed E-state index contributed by atoms with van der Waals surface area (Å²) in [6.07, 6.45) is -1.21. The Morgan fingerprint density at radius 3 is 2.54 bits per heavy atom. The molecule has 1 aromatic rings. The third kappa shape index (κ3) is 2.81. The van der Waals surface area contributed by atoms with Crippen molar-refractivity contribution in [2.45, 2.75) is 10.9 Å². The Bertz CT molecular complexity index is 306. The second-order valence-corrected chi connectivity index (χ2v) is 4.52. The Morgan fingerprint density at radius 2 is 2.00 bits per heavy atom. The predicted octanol–water partition coefficient (Wildman–Crippen LogP) is 3.43. The molecule has 0 fully saturated rings. The van der Waals surface area contributed by atoms with Gasteiger partial charge in [-0.2, -0.15) is 0 Å². The molecule has 0 aliphatic heterocycles. The van der Waals surface area contributed by atoms with Gasteiger partial charge in [0.2, 0.25) is 0 Å². The Morgan fingerprint density at radius 1 is 1.38 bits per heavy atom. The summed E-state index contributed by atoms with van der Waals surface area (Å²) in [6.45, 7) is 0. The first-order valence-electron chi connectivity index (χ1n) is 3.43. The highest BCUT2D eigenvalue weighted by molar-refractivity contribution is 9.10. The maximum Gasteiger partial charge on any atom is 0.137 e. The summed E-state index contributed by atoms with van der Waals surface area (Å²) in [6, 6.07) is 4.21. The molecule has 0 amide bonds. The average molecular weight is 288 g/mol. The molecule has 1 nitrogen and oxygen atoms in total. The average Bonchev–Trinajstić information content (AvgIpc) is 2.08. The van der Waals surface area contributed by atoms with Crippen LogP contribution in [-0.4, -0.2) is 9.94 Å². The Kier molecular flexibility index (Phi) is 3.98. The zero-order valence-corrected chi connectivity index (χ0v) is 9.44. The van der Waals surface area contributed by atoms with E-state index in [1.54, 1.807) is 0 Å². The SMILES string of the molecule is OC(c1cc(Br)ccc1F)C(Cl)Cl. The van der Waals surface area contributed by atoms with Crippen LogP contribution in [-0.2, 0) is 0 Å². The van der Waals surface area contributed by atoms with Gasteiger partial charge in [-0.15, -0.1) is 23.2 Å². The normalized spacial score (nSPS) is 13.4. The summed E-state index contributed by atoms with van der Waals surface area (Å²) < 4.78 is 13.7. The molecule has 72 valence electrons. The van der Waals surface area contributed by atoms with E-state index in [0.717, 1.165) is 0 Å². The van der Waals surface area contributed by atoms with E-state index in [9.17, 15) is 9.50 Å². The molecular weight excluding hydrogens is 282 g/mol. The van der Waals surface area contributed by atoms with Crippen molar-refractivity contribution in [3.8, 4) is 0 Å². The quantitative estimate of drug-likeness (QED) is 0.827. The molecule has 0 saturated heterocycles. The van der Waals surface area contributed by atoms with E-state index in [-0.39, 0.29) is 5.56 Å². The minimum absolute atomic E-state index is 0.0874. The van der Waals surface area contributed by atoms with E-state index in [1.807, 2.05) is 0 Å². The van der Waals surface area contributed by atoms with Crippen LogP contribution in [0.4, 0.5) is 4.39 Å². The van der Waals surface area contributed by atoms with Crippen molar-refractivity contribution in [3.63, 3.8) is 0 Å². The van der Waals surface area contributed by atoms with Gasteiger partial charge in [0, 0.05) is 10.0 Å². The fraction of sp³-hybridized carbons (Fsp3) is 0.250. The summed E-state index contributed by atoms with van der Waals surface area (Å²) in [7, 11) is 0. The van der Waals surface area contributed by atoms with Crippen LogP contribution in [0.15, 0.2) is 22.7 Å². The molecule has 0 heterocycles. The lowest BCUT2D eigenvalue weighted by Crippen LogP contribution is -2.08. The zero-order chi connectivity index (χ0) is 10.0. The number of hydrogen-bond acceptors (Lipinski definition) is 1. The van der Waals surface area contributed by atoms with Crippen LogP contribution < -0.4 is 0 Å². The van der Waals surface area contributed by atoms with E-state index in [4.69, 9.17) is 23.2 Å². The van der Waals surface area contributed by atoms with Crippen molar-refractivity contribution in [2.24, 2.45) is 0 Å². The van der Waals surface area contributed by atoms with Crippen molar-refractivity contribution in [1.29, 1.82) is 0 Å². The molecule has 0 aromatic heterocycles. The van der Waals surface area contributed by atoms with Crippen LogP contribution in [0.1, 0.15) is 11.7 Å². The number of aliphatic hydroxyl groups excluding tert-OH is 1. The second kappa shape index (κ2) is 4.60. The molecule has 13 heavy (non-hydrogen) atoms. The smallest absolute Gasteiger partial charge is 0.137 e. The molecular formula is C8H6BrCl2FO. The molecule has 1 N–H and O–H groups in total. The minimum atomic E-state index is -1.21. The number of alkyl halides is 2. The summed E-state index contributed by atoms with van der Waals surface area (Å²) in [5, 5.41) is 9.38. The van der Waals surface area contributed by atoms with Crippen LogP contribution in [0, 0.1) is 5.82 Å². The second-order valence-electron chi connectivity index (χ2n) is 2.45. The third-order valence-corrected chi connectivity index (χ3v) is 2.49. The maximum absolute atomic E-state index is 13.1. The van der Waals surface area contributed by atoms with E-state index in [0.29, 0.717) is 4.47 Å². The first kappa shape index (κ1) is 11.2. The standard InChI is InChI=1S/C8H6BrCl2FO/c9-4-1-2-6(12)5(3-4)7(13)8(10)11/h1-3,7-8,13H. The van der Waals surface area contributed by atoms with E-state index in [1.165, 1.54) is 18.2 Å². The highest BCUT2D eigenvalue weighted by atomic mass is 79.9. The van der Waals surface area contributed by atoms with Gasteiger partial charge in [-0.05, 0) is 18.2 Å². The lowest BCUT2D eigenvalue weighted by atomic mass is 10.1. The van der Waals surface area contributed by atoms with Crippen molar-refractivity contribution >= 4 is 39.1 Å². The molecule has 0 aliphatic carbocycles. The van der Waals surface area contributed by atoms with Crippen LogP contribution in [0.25, 0.3) is 0 Å². The predicted molar refractivity (Wildman–Crippen MR) is 54.6 cm³/mol. The van der Waals surface area contributed by atoms with Crippen LogP contribution in [0.2, 0.25) is 0 Å². The topological polar surface area (TPSA) is 20.2 Å². The Balaban J connectivity index is 3.05. The Hall–Kier alpha value is 0.170. The van der Waals surface area contributed by atoms with E-state index >= 15 is 0 Å². The van der Waals surface area contributed by atoms with Gasteiger partial charge in [-0.3, -0.25) is 0 Å². The van der Waals surface area contributed by atoms with Gasteiger partial charge < -0.3 is 5.11 Å². The summed E-state index contributed by atoms with van der Waals surface area (Å²) >= 11 is 14.0. The number of rotatable bonds is 2. The summed E-state index contributed by atoms with van der Waals surface area (Å²) in [5.41, 5.74) is 0.0874. The summed E-state index contributed by atoms with van der Waals surface area (Å²) in [5.74, 6) is -0.526. The van der Waals surface area contributed by atoms with E-state index in [2.05, 4.69) is 15.9 Å². The fourth-order valence-corrected chi connectivity index (χ4v) is 1.53. The largest absolute Gasteiger partial charge is 0.385 e. The molecule has 1 rings (SSSR count). The number of halogens is 4. The van der Waals surface area contributed by atoms with Gasteiger partial charge in [-0.25, -0.2) is 4.39 Å². The monoisotopic (exact) mass is 286 g/mol. The zero-order valence-electron chi connectivity index (χ0n) is 6.35. The van der Waals surface area contributed by atoms with Crippen LogP contribution >= 0.6 is 39.1 Å². The first-order valence-corrected chi connectivity index (χ1v) is 5.10. The summed E-state index contributed by atoms with van der Waals surface area (Å²) in [4.78, 5) is -1.04. The molecule has 1 aromatic carbocycles. The molecule has 0 bridgehead atoms. The number of benzene rings is 1. The van der Waals surface area contributed by atoms with Gasteiger partial charge in [0.05, 0.1) is 0 Å². The maximum atomic E-state index is 13.1. The lowest BCUT2D eigenvalue weighted by molar-refractivity contribution is 0.187. The highest BCUT2D eigenvalue weighted by Crippen LogP contribution is 2.28. The molecule has 0 saturated carbocycles. The molecule has 0 radical (unpaired) electrons. The lowest BCUT2D eigenvalue weighted by Gasteiger charge is -2.12. The highest BCUT2D eigenvalue weighted by Gasteiger charge is 2.19. The van der Waals surface area contributed by atoms with Crippen LogP contribution in [0.3, 0.4) is 0 Å². The van der Waals surface area contributed by atoms with Crippen molar-refractivity contribution in [3.05, 3.63) is 34.1 Å². The van der Waals surface area contributed by atoms with E-state index < -0.39 is 16.8 Å². The van der Waals surface area contributed by atoms with Crippen molar-refractivity contribution < 1.29 is 9.50 Å². The van der Waals surface area contributed by atoms with Crippen molar-refractivity contribution in [1.82, 2.24) is 0 Å². The third-order valence-electron chi connectivity index (χ3n) is 1.52. The Labute approximate surface area is 93.6 Å². The van der Waals surface area contributed by atoms with Gasteiger partial charge in [0.15, 0.2) is 0 Å². The van der Waals surface area contributed by atoms with Gasteiger partial charge in [0.1, 0.15) is 16.8 Å². The molecule has 1 atom stereocenters. The van der Waals surface area contributed by atoms with Gasteiger partial charge in [0.25, 0.3) is 0 Å². The first-order chi connectivity index (χ1) is 6.02. The number of aliphatic hydroxyl groups is 1. The minimum Gasteiger partial charge on any atom is -0.385 e. The molecule has 0 spiro atoms. The van der Waals surface area contributed by atoms with Crippen molar-refractivity contribution in [2.75, 3.05) is 0 Å². The number of hydrogen-bond donors (Lipinski definition) is 1. The van der Waals surface area contributed by atoms with Gasteiger partial charge >= 0.3 is 0 Å². The molecule has 5 heteroatoms. The van der Waals surface area contributed by atoms with Crippen LogP contribution in [0.5, 0.6) is 0 Å². The molecule has 1 unspecified atom stereocenters. The fourth-order valence-electron chi connectivity index (χ4n) is 0.877. The molecule has 0 aliphatic rings.